The summed E-state index contributed by atoms with van der Waals surface area (Å²) in [6.07, 6.45) is 12.1. The molecule has 0 aliphatic heterocycles. The predicted molar refractivity (Wildman–Crippen MR) is 116 cm³/mol. The van der Waals surface area contributed by atoms with Crippen molar-refractivity contribution in [1.29, 1.82) is 0 Å². The summed E-state index contributed by atoms with van der Waals surface area (Å²) in [7, 11) is 1.72. The largest absolute Gasteiger partial charge is 0.497 e. The number of ether oxygens (including phenoxy) is 1. The molecule has 2 aromatic rings. The summed E-state index contributed by atoms with van der Waals surface area (Å²) in [5, 5.41) is 0. The molecule has 0 fully saturated rings. The zero-order chi connectivity index (χ0) is 19.1. The maximum Gasteiger partial charge on any atom is 0.118 e. The van der Waals surface area contributed by atoms with Gasteiger partial charge in [0.2, 0.25) is 0 Å². The summed E-state index contributed by atoms with van der Waals surface area (Å²) in [6, 6.07) is 17.8. The van der Waals surface area contributed by atoms with Crippen LogP contribution in [0.15, 0.2) is 66.3 Å². The minimum absolute atomic E-state index is 0.484. The molecule has 0 aromatic heterocycles. The van der Waals surface area contributed by atoms with E-state index in [1.807, 2.05) is 0 Å². The number of methoxy groups -OCH3 is 1. The highest BCUT2D eigenvalue weighted by Gasteiger charge is 2.19. The Balaban J connectivity index is 1.73. The molecule has 0 radical (unpaired) electrons. The Labute approximate surface area is 164 Å². The molecule has 0 bridgehead atoms. The van der Waals surface area contributed by atoms with Crippen molar-refractivity contribution in [3.05, 3.63) is 82.9 Å². The molecule has 0 amide bonds. The summed E-state index contributed by atoms with van der Waals surface area (Å²) in [5.74, 6) is 1.41. The second kappa shape index (κ2) is 9.60. The third-order valence-corrected chi connectivity index (χ3v) is 5.64. The van der Waals surface area contributed by atoms with Gasteiger partial charge in [-0.25, -0.2) is 0 Å². The molecule has 0 saturated heterocycles. The molecular weight excluding hydrogens is 328 g/mol. The summed E-state index contributed by atoms with van der Waals surface area (Å²) in [4.78, 5) is 0. The lowest BCUT2D eigenvalue weighted by atomic mass is 9.81. The monoisotopic (exact) mass is 360 g/mol. The van der Waals surface area contributed by atoms with E-state index >= 15 is 0 Å². The molecule has 1 atom stereocenters. The highest BCUT2D eigenvalue weighted by molar-refractivity contribution is 5.76. The number of unbranched alkanes of at least 4 members (excludes halogenated alkanes) is 2. The molecule has 1 heteroatoms. The number of hydrogen-bond acceptors (Lipinski definition) is 1. The van der Waals surface area contributed by atoms with Crippen LogP contribution in [0.5, 0.6) is 5.75 Å². The van der Waals surface area contributed by atoms with Crippen molar-refractivity contribution in [3.63, 3.8) is 0 Å². The van der Waals surface area contributed by atoms with Gasteiger partial charge in [-0.15, -0.1) is 0 Å². The van der Waals surface area contributed by atoms with Gasteiger partial charge < -0.3 is 4.74 Å². The van der Waals surface area contributed by atoms with E-state index in [0.717, 1.165) is 18.6 Å². The fourth-order valence-electron chi connectivity index (χ4n) is 3.93. The lowest BCUT2D eigenvalue weighted by Crippen LogP contribution is -2.06. The van der Waals surface area contributed by atoms with Crippen LogP contribution in [-0.4, -0.2) is 7.11 Å². The molecule has 0 heterocycles. The van der Waals surface area contributed by atoms with E-state index < -0.39 is 0 Å². The predicted octanol–water partition coefficient (Wildman–Crippen LogP) is 7.34. The van der Waals surface area contributed by atoms with Gasteiger partial charge in [0.05, 0.1) is 7.11 Å². The molecular formula is C26H32O. The first-order chi connectivity index (χ1) is 13.2. The topological polar surface area (TPSA) is 9.23 Å². The van der Waals surface area contributed by atoms with Gasteiger partial charge in [0, 0.05) is 5.92 Å². The zero-order valence-corrected chi connectivity index (χ0v) is 17.0. The van der Waals surface area contributed by atoms with Crippen LogP contribution < -0.4 is 4.74 Å². The van der Waals surface area contributed by atoms with Gasteiger partial charge >= 0.3 is 0 Å². The van der Waals surface area contributed by atoms with Crippen molar-refractivity contribution in [2.24, 2.45) is 0 Å². The third-order valence-electron chi connectivity index (χ3n) is 5.64. The van der Waals surface area contributed by atoms with E-state index in [2.05, 4.69) is 74.5 Å². The molecule has 1 aliphatic carbocycles. The normalized spacial score (nSPS) is 16.6. The van der Waals surface area contributed by atoms with Crippen LogP contribution in [0.3, 0.4) is 0 Å². The van der Waals surface area contributed by atoms with Crippen LogP contribution in [-0.2, 0) is 6.42 Å². The van der Waals surface area contributed by atoms with Gasteiger partial charge in [0.15, 0.2) is 0 Å². The SMILES string of the molecule is CCCCCc1ccc(C2=CCC(c3ccc(OC)cc3)C(CC)=C2)cc1. The number of hydrogen-bond donors (Lipinski definition) is 0. The van der Waals surface area contributed by atoms with E-state index in [9.17, 15) is 0 Å². The van der Waals surface area contributed by atoms with E-state index in [4.69, 9.17) is 4.74 Å². The molecule has 1 unspecified atom stereocenters. The van der Waals surface area contributed by atoms with Crippen molar-refractivity contribution in [1.82, 2.24) is 0 Å². The highest BCUT2D eigenvalue weighted by Crippen LogP contribution is 2.38. The third kappa shape index (κ3) is 4.91. The lowest BCUT2D eigenvalue weighted by Gasteiger charge is -2.24. The molecule has 1 nitrogen and oxygen atoms in total. The Kier molecular flexibility index (Phi) is 6.92. The van der Waals surface area contributed by atoms with Gasteiger partial charge in [-0.2, -0.15) is 0 Å². The minimum atomic E-state index is 0.484. The standard InChI is InChI=1S/C26H32O/c1-4-6-7-8-20-9-11-22(12-10-20)24-15-18-26(21(5-2)19-24)23-13-16-25(27-3)17-14-23/h9-17,19,26H,4-8,18H2,1-3H3. The van der Waals surface area contributed by atoms with Crippen LogP contribution in [0, 0.1) is 0 Å². The van der Waals surface area contributed by atoms with Crippen molar-refractivity contribution in [3.8, 4) is 5.75 Å². The maximum absolute atomic E-state index is 5.30. The first-order valence-electron chi connectivity index (χ1n) is 10.4. The van der Waals surface area contributed by atoms with E-state index in [1.165, 1.54) is 53.5 Å². The molecule has 0 N–H and O–H groups in total. The van der Waals surface area contributed by atoms with Crippen LogP contribution in [0.1, 0.15) is 68.6 Å². The van der Waals surface area contributed by atoms with Crippen molar-refractivity contribution < 1.29 is 4.74 Å². The second-order valence-corrected chi connectivity index (χ2v) is 7.45. The molecule has 0 saturated carbocycles. The fourth-order valence-corrected chi connectivity index (χ4v) is 3.93. The van der Waals surface area contributed by atoms with Gasteiger partial charge in [0.25, 0.3) is 0 Å². The highest BCUT2D eigenvalue weighted by atomic mass is 16.5. The summed E-state index contributed by atoms with van der Waals surface area (Å²) < 4.78 is 5.30. The number of rotatable bonds is 8. The number of allylic oxidation sites excluding steroid dienone is 4. The van der Waals surface area contributed by atoms with Crippen LogP contribution in [0.2, 0.25) is 0 Å². The van der Waals surface area contributed by atoms with Gasteiger partial charge in [-0.05, 0) is 60.1 Å². The Bertz CT molecular complexity index is 778. The fraction of sp³-hybridized carbons (Fsp3) is 0.385. The van der Waals surface area contributed by atoms with Crippen molar-refractivity contribution in [2.45, 2.75) is 58.3 Å². The quantitative estimate of drug-likeness (QED) is 0.448. The van der Waals surface area contributed by atoms with Crippen molar-refractivity contribution in [2.75, 3.05) is 7.11 Å². The first-order valence-corrected chi connectivity index (χ1v) is 10.4. The van der Waals surface area contributed by atoms with Gasteiger partial charge in [0.1, 0.15) is 5.75 Å². The Morgan fingerprint density at radius 2 is 1.67 bits per heavy atom. The average molecular weight is 361 g/mol. The summed E-state index contributed by atoms with van der Waals surface area (Å²) >= 11 is 0. The van der Waals surface area contributed by atoms with Crippen LogP contribution in [0.4, 0.5) is 0 Å². The zero-order valence-electron chi connectivity index (χ0n) is 17.0. The molecule has 27 heavy (non-hydrogen) atoms. The lowest BCUT2D eigenvalue weighted by molar-refractivity contribution is 0.414. The van der Waals surface area contributed by atoms with E-state index in [-0.39, 0.29) is 0 Å². The van der Waals surface area contributed by atoms with Crippen LogP contribution >= 0.6 is 0 Å². The minimum Gasteiger partial charge on any atom is -0.497 e. The smallest absolute Gasteiger partial charge is 0.118 e. The molecule has 2 aromatic carbocycles. The Morgan fingerprint density at radius 3 is 2.30 bits per heavy atom. The Morgan fingerprint density at radius 1 is 0.926 bits per heavy atom. The summed E-state index contributed by atoms with van der Waals surface area (Å²) in [5.41, 5.74) is 7.07. The molecule has 142 valence electrons. The molecule has 0 spiro atoms. The van der Waals surface area contributed by atoms with Gasteiger partial charge in [-0.3, -0.25) is 0 Å². The number of aryl methyl sites for hydroxylation is 1. The first kappa shape index (κ1) is 19.5. The molecule has 3 rings (SSSR count). The Hall–Kier alpha value is -2.28. The van der Waals surface area contributed by atoms with E-state index in [1.54, 1.807) is 7.11 Å². The van der Waals surface area contributed by atoms with Crippen molar-refractivity contribution >= 4 is 5.57 Å². The second-order valence-electron chi connectivity index (χ2n) is 7.45. The number of benzene rings is 2. The summed E-state index contributed by atoms with van der Waals surface area (Å²) in [6.45, 7) is 4.53. The molecule has 1 aliphatic rings. The maximum atomic E-state index is 5.30. The average Bonchev–Trinajstić information content (AvgIpc) is 2.74. The van der Waals surface area contributed by atoms with Crippen LogP contribution in [0.25, 0.3) is 5.57 Å². The van der Waals surface area contributed by atoms with E-state index in [0.29, 0.717) is 5.92 Å². The van der Waals surface area contributed by atoms with Gasteiger partial charge in [-0.1, -0.05) is 80.8 Å².